The van der Waals surface area contributed by atoms with Crippen LogP contribution in [0.4, 0.5) is 14.9 Å². The van der Waals surface area contributed by atoms with Gasteiger partial charge >= 0.3 is 6.03 Å². The van der Waals surface area contributed by atoms with Gasteiger partial charge in [0, 0.05) is 0 Å². The lowest BCUT2D eigenvalue weighted by Crippen LogP contribution is -2.52. The van der Waals surface area contributed by atoms with Crippen LogP contribution in [0.25, 0.3) is 0 Å². The topological polar surface area (TPSA) is 59.6 Å². The summed E-state index contributed by atoms with van der Waals surface area (Å²) in [5.41, 5.74) is 1.06. The van der Waals surface area contributed by atoms with Gasteiger partial charge in [0.15, 0.2) is 5.79 Å². The molecule has 1 aliphatic rings. The summed E-state index contributed by atoms with van der Waals surface area (Å²) in [5, 5.41) is 5.33. The van der Waals surface area contributed by atoms with Crippen LogP contribution in [0.5, 0.6) is 0 Å². The van der Waals surface area contributed by atoms with Crippen LogP contribution in [0.2, 0.25) is 0 Å². The number of rotatable bonds is 3. The van der Waals surface area contributed by atoms with Crippen LogP contribution in [0.1, 0.15) is 25.5 Å². The second-order valence-electron chi connectivity index (χ2n) is 6.34. The van der Waals surface area contributed by atoms with Crippen LogP contribution in [0.3, 0.4) is 0 Å². The number of hydrogen-bond donors (Lipinski definition) is 2. The highest BCUT2D eigenvalue weighted by molar-refractivity contribution is 5.89. The average Bonchev–Trinajstić information content (AvgIpc) is 2.59. The van der Waals surface area contributed by atoms with E-state index in [1.807, 2.05) is 44.2 Å². The predicted octanol–water partition coefficient (Wildman–Crippen LogP) is 3.84. The molecule has 0 saturated carbocycles. The average molecular weight is 344 g/mol. The van der Waals surface area contributed by atoms with Crippen LogP contribution in [-0.2, 0) is 9.47 Å². The molecule has 0 aliphatic carbocycles. The Labute approximate surface area is 146 Å². The summed E-state index contributed by atoms with van der Waals surface area (Å²) in [4.78, 5) is 12.3. The fraction of sp³-hybridized carbons (Fsp3) is 0.316. The Morgan fingerprint density at radius 1 is 1.12 bits per heavy atom. The van der Waals surface area contributed by atoms with E-state index in [0.717, 1.165) is 5.56 Å². The van der Waals surface area contributed by atoms with E-state index in [1.54, 1.807) is 12.1 Å². The summed E-state index contributed by atoms with van der Waals surface area (Å²) in [5.74, 6) is -1.24. The monoisotopic (exact) mass is 344 g/mol. The molecule has 2 amide bonds. The van der Waals surface area contributed by atoms with Gasteiger partial charge in [-0.15, -0.1) is 0 Å². The van der Waals surface area contributed by atoms with Gasteiger partial charge in [-0.25, -0.2) is 9.18 Å². The van der Waals surface area contributed by atoms with Crippen molar-refractivity contribution in [3.8, 4) is 0 Å². The molecule has 6 heteroatoms. The highest BCUT2D eigenvalue weighted by Crippen LogP contribution is 2.33. The van der Waals surface area contributed by atoms with E-state index in [1.165, 1.54) is 12.1 Å². The fourth-order valence-corrected chi connectivity index (χ4v) is 2.75. The predicted molar refractivity (Wildman–Crippen MR) is 92.6 cm³/mol. The molecule has 0 bridgehead atoms. The van der Waals surface area contributed by atoms with Gasteiger partial charge in [-0.2, -0.15) is 0 Å². The molecule has 2 aromatic rings. The lowest BCUT2D eigenvalue weighted by molar-refractivity contribution is -0.284. The lowest BCUT2D eigenvalue weighted by atomic mass is 10.0. The zero-order valence-electron chi connectivity index (χ0n) is 14.2. The standard InChI is InChI=1S/C19H21FN2O3/c1-19(2)24-12-16(17(25-19)13-8-4-3-5-9-13)22-18(23)21-15-11-7-6-10-14(15)20/h3-11,16-17H,12H2,1-2H3,(H2,21,22,23)/t16-,17-/m0/s1. The first-order valence-electron chi connectivity index (χ1n) is 8.13. The normalized spacial score (nSPS) is 22.2. The molecule has 0 radical (unpaired) electrons. The molecule has 1 aliphatic heterocycles. The smallest absolute Gasteiger partial charge is 0.319 e. The van der Waals surface area contributed by atoms with E-state index < -0.39 is 23.7 Å². The molecule has 0 spiro atoms. The lowest BCUT2D eigenvalue weighted by Gasteiger charge is -2.41. The van der Waals surface area contributed by atoms with Crippen LogP contribution in [0.15, 0.2) is 54.6 Å². The van der Waals surface area contributed by atoms with Crippen molar-refractivity contribution in [3.05, 3.63) is 66.0 Å². The van der Waals surface area contributed by atoms with Gasteiger partial charge in [0.05, 0.1) is 18.3 Å². The quantitative estimate of drug-likeness (QED) is 0.889. The van der Waals surface area contributed by atoms with E-state index in [-0.39, 0.29) is 18.4 Å². The van der Waals surface area contributed by atoms with Crippen molar-refractivity contribution in [2.45, 2.75) is 31.8 Å². The zero-order chi connectivity index (χ0) is 17.9. The maximum absolute atomic E-state index is 13.7. The molecule has 3 rings (SSSR count). The number of para-hydroxylation sites is 1. The van der Waals surface area contributed by atoms with E-state index >= 15 is 0 Å². The molecule has 25 heavy (non-hydrogen) atoms. The van der Waals surface area contributed by atoms with E-state index in [4.69, 9.17) is 9.47 Å². The number of benzene rings is 2. The van der Waals surface area contributed by atoms with Crippen LogP contribution in [0, 0.1) is 5.82 Å². The molecule has 0 aromatic heterocycles. The third-order valence-corrected chi connectivity index (χ3v) is 3.95. The van der Waals surface area contributed by atoms with Gasteiger partial charge < -0.3 is 20.1 Å². The number of nitrogens with one attached hydrogen (secondary N) is 2. The summed E-state index contributed by atoms with van der Waals surface area (Å²) < 4.78 is 25.4. The molecular formula is C19H21FN2O3. The molecule has 1 saturated heterocycles. The minimum atomic E-state index is -0.749. The first kappa shape index (κ1) is 17.4. The van der Waals surface area contributed by atoms with Gasteiger partial charge in [-0.1, -0.05) is 42.5 Å². The molecule has 1 fully saturated rings. The Morgan fingerprint density at radius 3 is 2.52 bits per heavy atom. The molecular weight excluding hydrogens is 323 g/mol. The Morgan fingerprint density at radius 2 is 1.80 bits per heavy atom. The minimum Gasteiger partial charge on any atom is -0.348 e. The van der Waals surface area contributed by atoms with E-state index in [2.05, 4.69) is 10.6 Å². The fourth-order valence-electron chi connectivity index (χ4n) is 2.75. The molecule has 132 valence electrons. The minimum absolute atomic E-state index is 0.120. The number of halogens is 1. The Balaban J connectivity index is 1.73. The first-order chi connectivity index (χ1) is 11.9. The number of anilines is 1. The number of carbonyl (C=O) groups is 1. The maximum atomic E-state index is 13.7. The zero-order valence-corrected chi connectivity index (χ0v) is 14.2. The highest BCUT2D eigenvalue weighted by Gasteiger charge is 2.38. The van der Waals surface area contributed by atoms with Crippen LogP contribution < -0.4 is 10.6 Å². The number of hydrogen-bond acceptors (Lipinski definition) is 3. The molecule has 2 atom stereocenters. The third kappa shape index (κ3) is 4.35. The van der Waals surface area contributed by atoms with Crippen molar-refractivity contribution in [1.82, 2.24) is 5.32 Å². The van der Waals surface area contributed by atoms with Crippen molar-refractivity contribution in [2.24, 2.45) is 0 Å². The second kappa shape index (κ2) is 7.21. The highest BCUT2D eigenvalue weighted by atomic mass is 19.1. The van der Waals surface area contributed by atoms with Crippen LogP contribution in [-0.4, -0.2) is 24.5 Å². The van der Waals surface area contributed by atoms with Gasteiger partial charge in [0.2, 0.25) is 0 Å². The summed E-state index contributed by atoms with van der Waals surface area (Å²) >= 11 is 0. The number of ether oxygens (including phenoxy) is 2. The summed E-state index contributed by atoms with van der Waals surface area (Å²) in [6, 6.07) is 14.7. The molecule has 2 aromatic carbocycles. The number of amides is 2. The summed E-state index contributed by atoms with van der Waals surface area (Å²) in [6.07, 6.45) is -0.365. The van der Waals surface area contributed by atoms with Gasteiger partial charge in [-0.05, 0) is 31.5 Å². The van der Waals surface area contributed by atoms with Gasteiger partial charge in [0.25, 0.3) is 0 Å². The molecule has 1 heterocycles. The van der Waals surface area contributed by atoms with E-state index in [9.17, 15) is 9.18 Å². The maximum Gasteiger partial charge on any atom is 0.319 e. The molecule has 0 unspecified atom stereocenters. The number of carbonyl (C=O) groups excluding carboxylic acids is 1. The van der Waals surface area contributed by atoms with Crippen LogP contribution >= 0.6 is 0 Å². The SMILES string of the molecule is CC1(C)OC[C@H](NC(=O)Nc2ccccc2F)[C@H](c2ccccc2)O1. The third-order valence-electron chi connectivity index (χ3n) is 3.95. The van der Waals surface area contributed by atoms with Crippen molar-refractivity contribution in [3.63, 3.8) is 0 Å². The molecule has 2 N–H and O–H groups in total. The Bertz CT molecular complexity index is 736. The number of urea groups is 1. The Hall–Kier alpha value is -2.44. The van der Waals surface area contributed by atoms with Crippen molar-refractivity contribution < 1.29 is 18.7 Å². The van der Waals surface area contributed by atoms with Gasteiger partial charge in [0.1, 0.15) is 11.9 Å². The summed E-state index contributed by atoms with van der Waals surface area (Å²) in [7, 11) is 0. The van der Waals surface area contributed by atoms with E-state index in [0.29, 0.717) is 0 Å². The van der Waals surface area contributed by atoms with Crippen molar-refractivity contribution in [1.29, 1.82) is 0 Å². The second-order valence-corrected chi connectivity index (χ2v) is 6.34. The first-order valence-corrected chi connectivity index (χ1v) is 8.13. The van der Waals surface area contributed by atoms with Gasteiger partial charge in [-0.3, -0.25) is 0 Å². The van der Waals surface area contributed by atoms with Crippen molar-refractivity contribution in [2.75, 3.05) is 11.9 Å². The van der Waals surface area contributed by atoms with Crippen molar-refractivity contribution >= 4 is 11.7 Å². The largest absolute Gasteiger partial charge is 0.348 e. The Kier molecular flexibility index (Phi) is 5.01. The molecule has 5 nitrogen and oxygen atoms in total. The summed E-state index contributed by atoms with van der Waals surface area (Å²) in [6.45, 7) is 3.95.